The molecule has 0 aliphatic heterocycles. The number of aromatic nitrogens is 1. The summed E-state index contributed by atoms with van der Waals surface area (Å²) in [6, 6.07) is 11.1. The number of nitrogens with one attached hydrogen (secondary N) is 1. The van der Waals surface area contributed by atoms with Crippen molar-refractivity contribution in [1.82, 2.24) is 4.98 Å². The van der Waals surface area contributed by atoms with Gasteiger partial charge in [-0.3, -0.25) is 4.98 Å². The summed E-state index contributed by atoms with van der Waals surface area (Å²) in [5.74, 6) is -2.28. The van der Waals surface area contributed by atoms with Crippen LogP contribution in [0.25, 0.3) is 10.9 Å². The Labute approximate surface area is 141 Å². The molecule has 0 radical (unpaired) electrons. The number of halogens is 1. The Morgan fingerprint density at radius 2 is 1.83 bits per heavy atom. The molecule has 0 fully saturated rings. The zero-order chi connectivity index (χ0) is 17.3. The molecule has 0 atom stereocenters. The Hall–Kier alpha value is -3.12. The highest BCUT2D eigenvalue weighted by molar-refractivity contribution is 6.30. The zero-order valence-electron chi connectivity index (χ0n) is 12.2. The summed E-state index contributed by atoms with van der Waals surface area (Å²) >= 11 is 5.95. The lowest BCUT2D eigenvalue weighted by Crippen LogP contribution is -2.05. The van der Waals surface area contributed by atoms with E-state index in [9.17, 15) is 14.7 Å². The van der Waals surface area contributed by atoms with Crippen LogP contribution in [0.3, 0.4) is 0 Å². The third-order valence-corrected chi connectivity index (χ3v) is 3.67. The zero-order valence-corrected chi connectivity index (χ0v) is 12.9. The van der Waals surface area contributed by atoms with E-state index in [0.29, 0.717) is 21.6 Å². The van der Waals surface area contributed by atoms with Gasteiger partial charge in [0, 0.05) is 22.3 Å². The van der Waals surface area contributed by atoms with Gasteiger partial charge in [0.1, 0.15) is 5.56 Å². The molecule has 0 aliphatic carbocycles. The molecule has 0 bridgehead atoms. The lowest BCUT2D eigenvalue weighted by Gasteiger charge is -2.13. The van der Waals surface area contributed by atoms with Gasteiger partial charge in [0.05, 0.1) is 16.8 Å². The molecule has 6 nitrogen and oxygen atoms in total. The second-order valence-corrected chi connectivity index (χ2v) is 5.46. The van der Waals surface area contributed by atoms with Gasteiger partial charge in [-0.25, -0.2) is 9.59 Å². The van der Waals surface area contributed by atoms with Crippen molar-refractivity contribution >= 4 is 45.8 Å². The molecule has 0 saturated carbocycles. The Bertz CT molecular complexity index is 967. The second-order valence-electron chi connectivity index (χ2n) is 5.02. The number of anilines is 2. The number of aromatic carboxylic acids is 2. The van der Waals surface area contributed by atoms with E-state index in [-0.39, 0.29) is 16.8 Å². The average molecular weight is 343 g/mol. The van der Waals surface area contributed by atoms with Crippen LogP contribution < -0.4 is 5.32 Å². The topological polar surface area (TPSA) is 99.5 Å². The van der Waals surface area contributed by atoms with E-state index in [1.807, 2.05) is 0 Å². The highest BCUT2D eigenvalue weighted by atomic mass is 35.5. The van der Waals surface area contributed by atoms with Gasteiger partial charge >= 0.3 is 11.9 Å². The van der Waals surface area contributed by atoms with Gasteiger partial charge in [-0.1, -0.05) is 17.7 Å². The third-order valence-electron chi connectivity index (χ3n) is 3.44. The molecule has 7 heteroatoms. The number of carbonyl (C=O) groups is 2. The number of hydrogen-bond donors (Lipinski definition) is 3. The van der Waals surface area contributed by atoms with Crippen LogP contribution in [0, 0.1) is 0 Å². The normalized spacial score (nSPS) is 10.5. The van der Waals surface area contributed by atoms with Crippen LogP contribution in [0.5, 0.6) is 0 Å². The number of hydrogen-bond acceptors (Lipinski definition) is 4. The molecule has 1 heterocycles. The van der Waals surface area contributed by atoms with E-state index < -0.39 is 11.9 Å². The molecule has 3 rings (SSSR count). The Morgan fingerprint density at radius 1 is 1.04 bits per heavy atom. The van der Waals surface area contributed by atoms with Crippen LogP contribution in [0.1, 0.15) is 20.7 Å². The molecule has 24 heavy (non-hydrogen) atoms. The summed E-state index contributed by atoms with van der Waals surface area (Å²) in [7, 11) is 0. The van der Waals surface area contributed by atoms with Crippen LogP contribution in [0.4, 0.5) is 11.4 Å². The summed E-state index contributed by atoms with van der Waals surface area (Å²) in [5, 5.41) is 22.5. The molecule has 0 spiro atoms. The molecular formula is C17H11ClN2O4. The maximum Gasteiger partial charge on any atom is 0.339 e. The van der Waals surface area contributed by atoms with Crippen molar-refractivity contribution in [2.45, 2.75) is 0 Å². The van der Waals surface area contributed by atoms with E-state index in [1.165, 1.54) is 24.4 Å². The molecule has 0 unspecified atom stereocenters. The first kappa shape index (κ1) is 15.8. The number of rotatable bonds is 4. The standard InChI is InChI=1S/C17H11ClN2O4/c18-10-2-1-3-11(7-10)20-15-12-6-9(16(21)22)4-5-14(12)19-8-13(15)17(23)24/h1-8H,(H,19,20)(H,21,22)(H,23,24). The van der Waals surface area contributed by atoms with Crippen LogP contribution in [0.15, 0.2) is 48.7 Å². The third kappa shape index (κ3) is 3.00. The Kier molecular flexibility index (Phi) is 4.05. The van der Waals surface area contributed by atoms with Crippen LogP contribution in [-0.4, -0.2) is 27.1 Å². The highest BCUT2D eigenvalue weighted by Crippen LogP contribution is 2.30. The molecule has 2 aromatic carbocycles. The molecule has 0 saturated heterocycles. The minimum atomic E-state index is -1.17. The van der Waals surface area contributed by atoms with Crippen molar-refractivity contribution in [2.24, 2.45) is 0 Å². The lowest BCUT2D eigenvalue weighted by atomic mass is 10.1. The molecule has 120 valence electrons. The van der Waals surface area contributed by atoms with Gasteiger partial charge < -0.3 is 15.5 Å². The van der Waals surface area contributed by atoms with Crippen LogP contribution in [0.2, 0.25) is 5.02 Å². The minimum Gasteiger partial charge on any atom is -0.478 e. The van der Waals surface area contributed by atoms with Crippen molar-refractivity contribution in [1.29, 1.82) is 0 Å². The summed E-state index contributed by atoms with van der Waals surface area (Å²) in [4.78, 5) is 26.8. The smallest absolute Gasteiger partial charge is 0.339 e. The molecule has 3 N–H and O–H groups in total. The fourth-order valence-electron chi connectivity index (χ4n) is 2.33. The lowest BCUT2D eigenvalue weighted by molar-refractivity contribution is 0.0687. The summed E-state index contributed by atoms with van der Waals surface area (Å²) in [5.41, 5.74) is 1.30. The van der Waals surface area contributed by atoms with Crippen molar-refractivity contribution in [3.05, 3.63) is 64.8 Å². The van der Waals surface area contributed by atoms with Crippen LogP contribution >= 0.6 is 11.6 Å². The maximum atomic E-state index is 11.5. The summed E-state index contributed by atoms with van der Waals surface area (Å²) < 4.78 is 0. The van der Waals surface area contributed by atoms with Crippen molar-refractivity contribution in [3.63, 3.8) is 0 Å². The van der Waals surface area contributed by atoms with E-state index in [1.54, 1.807) is 24.3 Å². The molecule has 0 aliphatic rings. The number of carboxylic acids is 2. The summed E-state index contributed by atoms with van der Waals surface area (Å²) in [6.45, 7) is 0. The number of benzene rings is 2. The SMILES string of the molecule is O=C(O)c1ccc2ncc(C(=O)O)c(Nc3cccc(Cl)c3)c2c1. The van der Waals surface area contributed by atoms with Gasteiger partial charge in [-0.15, -0.1) is 0 Å². The highest BCUT2D eigenvalue weighted by Gasteiger charge is 2.16. The fourth-order valence-corrected chi connectivity index (χ4v) is 2.52. The van der Waals surface area contributed by atoms with Crippen molar-refractivity contribution in [2.75, 3.05) is 5.32 Å². The summed E-state index contributed by atoms with van der Waals surface area (Å²) in [6.07, 6.45) is 1.23. The van der Waals surface area contributed by atoms with Crippen molar-refractivity contribution < 1.29 is 19.8 Å². The predicted molar refractivity (Wildman–Crippen MR) is 90.4 cm³/mol. The first-order chi connectivity index (χ1) is 11.5. The Morgan fingerprint density at radius 3 is 2.50 bits per heavy atom. The molecular weight excluding hydrogens is 332 g/mol. The van der Waals surface area contributed by atoms with Gasteiger partial charge in [0.15, 0.2) is 0 Å². The van der Waals surface area contributed by atoms with E-state index in [0.717, 1.165) is 0 Å². The predicted octanol–water partition coefficient (Wildman–Crippen LogP) is 4.03. The van der Waals surface area contributed by atoms with Gasteiger partial charge in [0.2, 0.25) is 0 Å². The van der Waals surface area contributed by atoms with E-state index in [2.05, 4.69) is 10.3 Å². The van der Waals surface area contributed by atoms with E-state index >= 15 is 0 Å². The van der Waals surface area contributed by atoms with Gasteiger partial charge in [-0.2, -0.15) is 0 Å². The first-order valence-electron chi connectivity index (χ1n) is 6.87. The van der Waals surface area contributed by atoms with Crippen LogP contribution in [-0.2, 0) is 0 Å². The van der Waals surface area contributed by atoms with Gasteiger partial charge in [0.25, 0.3) is 0 Å². The Balaban J connectivity index is 2.24. The molecule has 1 aromatic heterocycles. The second kappa shape index (κ2) is 6.17. The molecule has 0 amide bonds. The number of nitrogens with zero attached hydrogens (tertiary/aromatic N) is 1. The van der Waals surface area contributed by atoms with Gasteiger partial charge in [-0.05, 0) is 36.4 Å². The number of pyridine rings is 1. The number of carboxylic acid groups (broad SMARTS) is 2. The minimum absolute atomic E-state index is 0.0426. The van der Waals surface area contributed by atoms with E-state index in [4.69, 9.17) is 16.7 Å². The quantitative estimate of drug-likeness (QED) is 0.662. The van der Waals surface area contributed by atoms with Crippen molar-refractivity contribution in [3.8, 4) is 0 Å². The monoisotopic (exact) mass is 342 g/mol. The first-order valence-corrected chi connectivity index (χ1v) is 7.25. The molecule has 3 aromatic rings. The fraction of sp³-hybridized carbons (Fsp3) is 0. The largest absolute Gasteiger partial charge is 0.478 e. The number of fused-ring (bicyclic) bond motifs is 1. The average Bonchev–Trinajstić information content (AvgIpc) is 2.54. The maximum absolute atomic E-state index is 11.5.